The monoisotopic (exact) mass is 198 g/mol. The van der Waals surface area contributed by atoms with Crippen LogP contribution in [-0.4, -0.2) is 10.9 Å². The van der Waals surface area contributed by atoms with Gasteiger partial charge in [0.15, 0.2) is 0 Å². The van der Waals surface area contributed by atoms with E-state index in [4.69, 9.17) is 0 Å². The van der Waals surface area contributed by atoms with Crippen LogP contribution in [0.3, 0.4) is 0 Å². The predicted octanol–water partition coefficient (Wildman–Crippen LogP) is 2.33. The van der Waals surface area contributed by atoms with E-state index < -0.39 is 0 Å². The Bertz CT molecular complexity index is 440. The fraction of sp³-hybridized carbons (Fsp3) is 0. The van der Waals surface area contributed by atoms with Crippen LogP contribution in [0.1, 0.15) is 10.4 Å². The molecule has 0 aliphatic carbocycles. The standard InChI is InChI=1S/C12H10N2O/c15-12(10-6-2-1-3-7-10)14-11-8-4-5-9-13-11/h1-9H,(H,13,14,15). The predicted molar refractivity (Wildman–Crippen MR) is 58.6 cm³/mol. The summed E-state index contributed by atoms with van der Waals surface area (Å²) in [6.07, 6.45) is 1.64. The maximum atomic E-state index is 11.7. The molecule has 15 heavy (non-hydrogen) atoms. The molecule has 1 aromatic carbocycles. The van der Waals surface area contributed by atoms with Gasteiger partial charge >= 0.3 is 0 Å². The number of anilines is 1. The molecule has 0 fully saturated rings. The van der Waals surface area contributed by atoms with Crippen LogP contribution in [0.15, 0.2) is 54.7 Å². The highest BCUT2D eigenvalue weighted by molar-refractivity contribution is 6.03. The summed E-state index contributed by atoms with van der Waals surface area (Å²) in [4.78, 5) is 15.7. The molecule has 1 aromatic heterocycles. The number of carbonyl (C=O) groups is 1. The minimum Gasteiger partial charge on any atom is -0.307 e. The number of hydrogen-bond acceptors (Lipinski definition) is 2. The summed E-state index contributed by atoms with van der Waals surface area (Å²) in [7, 11) is 0. The molecule has 0 atom stereocenters. The van der Waals surface area contributed by atoms with Gasteiger partial charge in [0.05, 0.1) is 0 Å². The van der Waals surface area contributed by atoms with E-state index in [-0.39, 0.29) is 5.91 Å². The SMILES string of the molecule is O=C(Nc1ccccn1)c1ccccc1. The second-order valence-electron chi connectivity index (χ2n) is 3.04. The van der Waals surface area contributed by atoms with E-state index in [1.165, 1.54) is 0 Å². The summed E-state index contributed by atoms with van der Waals surface area (Å²) in [5, 5.41) is 2.71. The van der Waals surface area contributed by atoms with Crippen molar-refractivity contribution in [1.82, 2.24) is 4.98 Å². The number of pyridine rings is 1. The number of aromatic nitrogens is 1. The van der Waals surface area contributed by atoms with Crippen molar-refractivity contribution < 1.29 is 4.79 Å². The molecule has 0 bridgehead atoms. The molecule has 2 aromatic rings. The van der Waals surface area contributed by atoms with Gasteiger partial charge < -0.3 is 5.32 Å². The second kappa shape index (κ2) is 4.37. The van der Waals surface area contributed by atoms with Gasteiger partial charge in [0.1, 0.15) is 5.82 Å². The number of amides is 1. The molecule has 0 aliphatic heterocycles. The summed E-state index contributed by atoms with van der Waals surface area (Å²) in [6, 6.07) is 14.4. The van der Waals surface area contributed by atoms with E-state index in [9.17, 15) is 4.79 Å². The van der Waals surface area contributed by atoms with Crippen LogP contribution in [0.2, 0.25) is 0 Å². The van der Waals surface area contributed by atoms with Crippen LogP contribution < -0.4 is 5.32 Å². The Balaban J connectivity index is 2.12. The fourth-order valence-electron chi connectivity index (χ4n) is 1.21. The van der Waals surface area contributed by atoms with Crippen LogP contribution in [-0.2, 0) is 0 Å². The van der Waals surface area contributed by atoms with E-state index >= 15 is 0 Å². The van der Waals surface area contributed by atoms with Gasteiger partial charge in [-0.05, 0) is 24.3 Å². The number of rotatable bonds is 2. The molecule has 0 saturated carbocycles. The molecular formula is C12H10N2O. The van der Waals surface area contributed by atoms with Crippen LogP contribution in [0.25, 0.3) is 0 Å². The second-order valence-corrected chi connectivity index (χ2v) is 3.04. The van der Waals surface area contributed by atoms with Crippen molar-refractivity contribution in [2.24, 2.45) is 0 Å². The largest absolute Gasteiger partial charge is 0.307 e. The first kappa shape index (κ1) is 9.40. The van der Waals surface area contributed by atoms with Crippen LogP contribution >= 0.6 is 0 Å². The molecule has 0 aliphatic rings. The average Bonchev–Trinajstić information content (AvgIpc) is 2.31. The van der Waals surface area contributed by atoms with Gasteiger partial charge in [0.2, 0.25) is 0 Å². The molecule has 1 N–H and O–H groups in total. The average molecular weight is 198 g/mol. The number of benzene rings is 1. The van der Waals surface area contributed by atoms with E-state index in [1.807, 2.05) is 24.3 Å². The van der Waals surface area contributed by atoms with Crippen molar-refractivity contribution in [2.75, 3.05) is 5.32 Å². The lowest BCUT2D eigenvalue weighted by Crippen LogP contribution is -2.12. The summed E-state index contributed by atoms with van der Waals surface area (Å²) in [5.41, 5.74) is 0.628. The minimum absolute atomic E-state index is 0.144. The van der Waals surface area contributed by atoms with Crippen molar-refractivity contribution >= 4 is 11.7 Å². The first-order valence-electron chi connectivity index (χ1n) is 4.64. The number of carbonyl (C=O) groups excluding carboxylic acids is 1. The fourth-order valence-corrected chi connectivity index (χ4v) is 1.21. The van der Waals surface area contributed by atoms with E-state index in [2.05, 4.69) is 10.3 Å². The lowest BCUT2D eigenvalue weighted by atomic mass is 10.2. The molecule has 74 valence electrons. The number of hydrogen-bond donors (Lipinski definition) is 1. The quantitative estimate of drug-likeness (QED) is 0.804. The van der Waals surface area contributed by atoms with E-state index in [1.54, 1.807) is 30.5 Å². The summed E-state index contributed by atoms with van der Waals surface area (Å²) in [5.74, 6) is 0.417. The molecule has 1 amide bonds. The van der Waals surface area contributed by atoms with Gasteiger partial charge in [-0.15, -0.1) is 0 Å². The normalized spacial score (nSPS) is 9.60. The van der Waals surface area contributed by atoms with Crippen LogP contribution in [0.4, 0.5) is 5.82 Å². The first-order chi connectivity index (χ1) is 7.36. The van der Waals surface area contributed by atoms with Gasteiger partial charge in [-0.3, -0.25) is 4.79 Å². The van der Waals surface area contributed by atoms with E-state index in [0.29, 0.717) is 11.4 Å². The minimum atomic E-state index is -0.144. The molecule has 3 nitrogen and oxygen atoms in total. The summed E-state index contributed by atoms with van der Waals surface area (Å²) in [6.45, 7) is 0. The Kier molecular flexibility index (Phi) is 2.74. The van der Waals surface area contributed by atoms with Gasteiger partial charge in [-0.2, -0.15) is 0 Å². The molecule has 0 unspecified atom stereocenters. The topological polar surface area (TPSA) is 42.0 Å². The Morgan fingerprint density at radius 3 is 2.40 bits per heavy atom. The Labute approximate surface area is 87.8 Å². The molecule has 1 heterocycles. The third-order valence-corrected chi connectivity index (χ3v) is 1.94. The lowest BCUT2D eigenvalue weighted by molar-refractivity contribution is 0.102. The van der Waals surface area contributed by atoms with Crippen molar-refractivity contribution in [2.45, 2.75) is 0 Å². The highest BCUT2D eigenvalue weighted by atomic mass is 16.1. The highest BCUT2D eigenvalue weighted by Gasteiger charge is 2.04. The third kappa shape index (κ3) is 2.40. The van der Waals surface area contributed by atoms with Crippen molar-refractivity contribution in [3.8, 4) is 0 Å². The molecular weight excluding hydrogens is 188 g/mol. The van der Waals surface area contributed by atoms with Gasteiger partial charge in [-0.25, -0.2) is 4.98 Å². The van der Waals surface area contributed by atoms with Crippen molar-refractivity contribution in [3.63, 3.8) is 0 Å². The summed E-state index contributed by atoms with van der Waals surface area (Å²) >= 11 is 0. The molecule has 0 radical (unpaired) electrons. The maximum Gasteiger partial charge on any atom is 0.256 e. The molecule has 0 saturated heterocycles. The molecule has 3 heteroatoms. The number of nitrogens with zero attached hydrogens (tertiary/aromatic N) is 1. The van der Waals surface area contributed by atoms with Crippen LogP contribution in [0.5, 0.6) is 0 Å². The Morgan fingerprint density at radius 1 is 1.00 bits per heavy atom. The smallest absolute Gasteiger partial charge is 0.256 e. The van der Waals surface area contributed by atoms with E-state index in [0.717, 1.165) is 0 Å². The summed E-state index contributed by atoms with van der Waals surface area (Å²) < 4.78 is 0. The molecule has 0 spiro atoms. The lowest BCUT2D eigenvalue weighted by Gasteiger charge is -2.02. The highest BCUT2D eigenvalue weighted by Crippen LogP contribution is 2.04. The van der Waals surface area contributed by atoms with Gasteiger partial charge in [-0.1, -0.05) is 24.3 Å². The zero-order valence-corrected chi connectivity index (χ0v) is 8.05. The van der Waals surface area contributed by atoms with Gasteiger partial charge in [0, 0.05) is 11.8 Å². The number of nitrogens with one attached hydrogen (secondary N) is 1. The Morgan fingerprint density at radius 2 is 1.73 bits per heavy atom. The Hall–Kier alpha value is -2.16. The zero-order valence-electron chi connectivity index (χ0n) is 8.05. The van der Waals surface area contributed by atoms with Crippen molar-refractivity contribution in [3.05, 3.63) is 60.3 Å². The third-order valence-electron chi connectivity index (χ3n) is 1.94. The van der Waals surface area contributed by atoms with Crippen molar-refractivity contribution in [1.29, 1.82) is 0 Å². The van der Waals surface area contributed by atoms with Gasteiger partial charge in [0.25, 0.3) is 5.91 Å². The van der Waals surface area contributed by atoms with Crippen LogP contribution in [0, 0.1) is 0 Å². The molecule has 2 rings (SSSR count). The maximum absolute atomic E-state index is 11.7. The first-order valence-corrected chi connectivity index (χ1v) is 4.64. The zero-order chi connectivity index (χ0) is 10.5.